The lowest BCUT2D eigenvalue weighted by Crippen LogP contribution is -2.29. The quantitative estimate of drug-likeness (QED) is 0.651. The molecule has 0 aromatic heterocycles. The number of rotatable bonds is 10. The third kappa shape index (κ3) is 8.02. The average molecular weight is 262 g/mol. The molecule has 1 aromatic carbocycles. The summed E-state index contributed by atoms with van der Waals surface area (Å²) in [5, 5.41) is 3.54. The first kappa shape index (κ1) is 16.2. The van der Waals surface area contributed by atoms with Gasteiger partial charge in [-0.3, -0.25) is 0 Å². The van der Waals surface area contributed by atoms with E-state index in [1.54, 1.807) is 0 Å². The van der Waals surface area contributed by atoms with E-state index in [4.69, 9.17) is 0 Å². The van der Waals surface area contributed by atoms with Crippen LogP contribution in [-0.4, -0.2) is 37.6 Å². The van der Waals surface area contributed by atoms with Crippen molar-refractivity contribution in [3.8, 4) is 0 Å². The van der Waals surface area contributed by atoms with Crippen LogP contribution >= 0.6 is 0 Å². The normalized spacial score (nSPS) is 11.4. The molecule has 1 rings (SSSR count). The Bertz CT molecular complexity index is 308. The highest BCUT2D eigenvalue weighted by atomic mass is 15.1. The van der Waals surface area contributed by atoms with E-state index in [2.05, 4.69) is 61.4 Å². The van der Waals surface area contributed by atoms with Gasteiger partial charge in [-0.2, -0.15) is 0 Å². The first-order valence-electron chi connectivity index (χ1n) is 7.65. The zero-order valence-electron chi connectivity index (χ0n) is 12.9. The molecule has 2 nitrogen and oxygen atoms in total. The lowest BCUT2D eigenvalue weighted by atomic mass is 10.1. The molecule has 0 saturated heterocycles. The molecule has 1 aromatic rings. The summed E-state index contributed by atoms with van der Waals surface area (Å²) >= 11 is 0. The van der Waals surface area contributed by atoms with Gasteiger partial charge in [-0.05, 0) is 71.8 Å². The molecule has 0 amide bonds. The molecule has 0 radical (unpaired) electrons. The standard InChI is InChI=1S/C17H30N2/c1-16(2)19(3)15-9-14-18-13-8-7-12-17-10-5-4-6-11-17/h4-6,10-11,16,18H,7-9,12-15H2,1-3H3. The summed E-state index contributed by atoms with van der Waals surface area (Å²) in [6.45, 7) is 7.98. The van der Waals surface area contributed by atoms with Crippen LogP contribution in [0, 0.1) is 0 Å². The molecule has 1 N–H and O–H groups in total. The Kier molecular flexibility index (Phi) is 8.52. The molecular weight excluding hydrogens is 232 g/mol. The first-order chi connectivity index (χ1) is 9.20. The van der Waals surface area contributed by atoms with Gasteiger partial charge in [0.25, 0.3) is 0 Å². The second-order valence-electron chi connectivity index (χ2n) is 5.62. The number of hydrogen-bond donors (Lipinski definition) is 1. The zero-order chi connectivity index (χ0) is 13.9. The monoisotopic (exact) mass is 262 g/mol. The van der Waals surface area contributed by atoms with Crippen molar-refractivity contribution in [2.45, 2.75) is 45.6 Å². The van der Waals surface area contributed by atoms with Crippen LogP contribution in [-0.2, 0) is 6.42 Å². The van der Waals surface area contributed by atoms with Gasteiger partial charge in [0.15, 0.2) is 0 Å². The molecule has 0 heterocycles. The lowest BCUT2D eigenvalue weighted by molar-refractivity contribution is 0.269. The Hall–Kier alpha value is -0.860. The largest absolute Gasteiger partial charge is 0.317 e. The number of benzene rings is 1. The molecule has 108 valence electrons. The molecule has 0 saturated carbocycles. The number of hydrogen-bond acceptors (Lipinski definition) is 2. The summed E-state index contributed by atoms with van der Waals surface area (Å²) in [7, 11) is 2.20. The molecule has 0 unspecified atom stereocenters. The number of nitrogens with one attached hydrogen (secondary N) is 1. The van der Waals surface area contributed by atoms with E-state index in [-0.39, 0.29) is 0 Å². The Morgan fingerprint density at radius 1 is 1.00 bits per heavy atom. The van der Waals surface area contributed by atoms with Gasteiger partial charge in [-0.15, -0.1) is 0 Å². The molecule has 0 bridgehead atoms. The molecule has 0 spiro atoms. The van der Waals surface area contributed by atoms with E-state index in [0.29, 0.717) is 6.04 Å². The lowest BCUT2D eigenvalue weighted by Gasteiger charge is -2.20. The maximum atomic E-state index is 3.54. The fourth-order valence-electron chi connectivity index (χ4n) is 2.06. The van der Waals surface area contributed by atoms with Gasteiger partial charge < -0.3 is 10.2 Å². The second kappa shape index (κ2) is 9.99. The molecule has 0 atom stereocenters. The number of unbranched alkanes of at least 4 members (excludes halogenated alkanes) is 1. The van der Waals surface area contributed by atoms with Crippen molar-refractivity contribution < 1.29 is 0 Å². The zero-order valence-corrected chi connectivity index (χ0v) is 12.9. The second-order valence-corrected chi connectivity index (χ2v) is 5.62. The van der Waals surface area contributed by atoms with Crippen molar-refractivity contribution in [1.82, 2.24) is 10.2 Å². The van der Waals surface area contributed by atoms with Gasteiger partial charge in [-0.1, -0.05) is 30.3 Å². The van der Waals surface area contributed by atoms with E-state index in [1.165, 1.54) is 37.8 Å². The van der Waals surface area contributed by atoms with Crippen LogP contribution in [0.5, 0.6) is 0 Å². The van der Waals surface area contributed by atoms with Crippen LogP contribution < -0.4 is 5.32 Å². The van der Waals surface area contributed by atoms with Crippen LogP contribution in [0.15, 0.2) is 30.3 Å². The highest BCUT2D eigenvalue weighted by molar-refractivity contribution is 5.14. The number of nitrogens with zero attached hydrogens (tertiary/aromatic N) is 1. The smallest absolute Gasteiger partial charge is 0.00355 e. The van der Waals surface area contributed by atoms with Crippen molar-refractivity contribution in [1.29, 1.82) is 0 Å². The van der Waals surface area contributed by atoms with E-state index >= 15 is 0 Å². The molecule has 0 aliphatic carbocycles. The van der Waals surface area contributed by atoms with E-state index < -0.39 is 0 Å². The third-order valence-corrected chi connectivity index (χ3v) is 3.66. The molecule has 0 aliphatic rings. The SMILES string of the molecule is CC(C)N(C)CCCNCCCCc1ccccc1. The minimum atomic E-state index is 0.658. The Morgan fingerprint density at radius 3 is 2.37 bits per heavy atom. The van der Waals surface area contributed by atoms with Crippen molar-refractivity contribution in [3.63, 3.8) is 0 Å². The van der Waals surface area contributed by atoms with Gasteiger partial charge in [0.1, 0.15) is 0 Å². The van der Waals surface area contributed by atoms with Gasteiger partial charge in [0.05, 0.1) is 0 Å². The Labute approximate surface area is 119 Å². The van der Waals surface area contributed by atoms with Gasteiger partial charge in [0.2, 0.25) is 0 Å². The summed E-state index contributed by atoms with van der Waals surface area (Å²) in [5.41, 5.74) is 1.46. The molecule has 2 heteroatoms. The van der Waals surface area contributed by atoms with Crippen LogP contribution in [0.3, 0.4) is 0 Å². The molecular formula is C17H30N2. The summed E-state index contributed by atoms with van der Waals surface area (Å²) in [4.78, 5) is 2.40. The van der Waals surface area contributed by atoms with Crippen LogP contribution in [0.25, 0.3) is 0 Å². The molecule has 0 fully saturated rings. The summed E-state index contributed by atoms with van der Waals surface area (Å²) < 4.78 is 0. The summed E-state index contributed by atoms with van der Waals surface area (Å²) in [5.74, 6) is 0. The average Bonchev–Trinajstić information content (AvgIpc) is 2.42. The summed E-state index contributed by atoms with van der Waals surface area (Å²) in [6, 6.07) is 11.4. The highest BCUT2D eigenvalue weighted by Crippen LogP contribution is 2.03. The van der Waals surface area contributed by atoms with Crippen molar-refractivity contribution >= 4 is 0 Å². The van der Waals surface area contributed by atoms with Gasteiger partial charge >= 0.3 is 0 Å². The van der Waals surface area contributed by atoms with Crippen LogP contribution in [0.1, 0.15) is 38.7 Å². The van der Waals surface area contributed by atoms with E-state index in [9.17, 15) is 0 Å². The predicted molar refractivity (Wildman–Crippen MR) is 84.6 cm³/mol. The predicted octanol–water partition coefficient (Wildman–Crippen LogP) is 3.33. The Balaban J connectivity index is 1.89. The minimum absolute atomic E-state index is 0.658. The van der Waals surface area contributed by atoms with E-state index in [0.717, 1.165) is 13.1 Å². The topological polar surface area (TPSA) is 15.3 Å². The van der Waals surface area contributed by atoms with Crippen molar-refractivity contribution in [2.24, 2.45) is 0 Å². The summed E-state index contributed by atoms with van der Waals surface area (Å²) in [6.07, 6.45) is 5.00. The minimum Gasteiger partial charge on any atom is -0.317 e. The van der Waals surface area contributed by atoms with Gasteiger partial charge in [-0.25, -0.2) is 0 Å². The van der Waals surface area contributed by atoms with Crippen LogP contribution in [0.2, 0.25) is 0 Å². The van der Waals surface area contributed by atoms with Gasteiger partial charge in [0, 0.05) is 6.04 Å². The van der Waals surface area contributed by atoms with Crippen molar-refractivity contribution in [3.05, 3.63) is 35.9 Å². The Morgan fingerprint density at radius 2 is 1.68 bits per heavy atom. The van der Waals surface area contributed by atoms with Crippen molar-refractivity contribution in [2.75, 3.05) is 26.7 Å². The third-order valence-electron chi connectivity index (χ3n) is 3.66. The molecule has 0 aliphatic heterocycles. The highest BCUT2D eigenvalue weighted by Gasteiger charge is 2.01. The number of aryl methyl sites for hydroxylation is 1. The maximum Gasteiger partial charge on any atom is 0.00355 e. The van der Waals surface area contributed by atoms with E-state index in [1.807, 2.05) is 0 Å². The van der Waals surface area contributed by atoms with Crippen LogP contribution in [0.4, 0.5) is 0 Å². The maximum absolute atomic E-state index is 3.54. The fraction of sp³-hybridized carbons (Fsp3) is 0.647. The first-order valence-corrected chi connectivity index (χ1v) is 7.65. The fourth-order valence-corrected chi connectivity index (χ4v) is 2.06. The molecule has 19 heavy (non-hydrogen) atoms.